The Hall–Kier alpha value is -2.05. The van der Waals surface area contributed by atoms with Crippen molar-refractivity contribution in [1.82, 2.24) is 9.38 Å². The fourth-order valence-corrected chi connectivity index (χ4v) is 3.37. The smallest absolute Gasteiger partial charge is 0.274 e. The number of hydrogen-bond acceptors (Lipinski definition) is 3. The molecular formula is C17H15BrClN3O2. The summed E-state index contributed by atoms with van der Waals surface area (Å²) < 4.78 is 2.58. The molecule has 0 aliphatic heterocycles. The number of anilines is 1. The predicted octanol–water partition coefficient (Wildman–Crippen LogP) is 4.58. The first-order valence-electron chi connectivity index (χ1n) is 7.37. The Labute approximate surface area is 152 Å². The van der Waals surface area contributed by atoms with Crippen LogP contribution in [0, 0.1) is 6.92 Å². The van der Waals surface area contributed by atoms with Gasteiger partial charge in [0, 0.05) is 11.2 Å². The zero-order valence-electron chi connectivity index (χ0n) is 13.1. The zero-order chi connectivity index (χ0) is 17.4. The van der Waals surface area contributed by atoms with Gasteiger partial charge >= 0.3 is 0 Å². The number of carbonyl (C=O) groups is 1. The summed E-state index contributed by atoms with van der Waals surface area (Å²) in [5.74, 6) is -0.397. The van der Waals surface area contributed by atoms with Crippen LogP contribution >= 0.6 is 27.5 Å². The van der Waals surface area contributed by atoms with Gasteiger partial charge in [0.1, 0.15) is 11.4 Å². The van der Waals surface area contributed by atoms with Crippen molar-refractivity contribution in [2.45, 2.75) is 20.3 Å². The Kier molecular flexibility index (Phi) is 4.51. The number of pyridine rings is 1. The number of aromatic nitrogens is 2. The third kappa shape index (κ3) is 2.99. The van der Waals surface area contributed by atoms with Crippen molar-refractivity contribution in [2.75, 3.05) is 5.32 Å². The van der Waals surface area contributed by atoms with Gasteiger partial charge in [-0.3, -0.25) is 9.20 Å². The van der Waals surface area contributed by atoms with Gasteiger partial charge in [-0.2, -0.15) is 0 Å². The average Bonchev–Trinajstić information content (AvgIpc) is 2.89. The van der Waals surface area contributed by atoms with Crippen LogP contribution in [-0.2, 0) is 6.42 Å². The molecule has 0 atom stereocenters. The highest BCUT2D eigenvalue weighted by molar-refractivity contribution is 9.10. The number of nitrogens with zero attached hydrogens (tertiary/aromatic N) is 2. The summed E-state index contributed by atoms with van der Waals surface area (Å²) in [6, 6.07) is 6.45. The van der Waals surface area contributed by atoms with E-state index in [0.717, 1.165) is 10.0 Å². The van der Waals surface area contributed by atoms with Crippen LogP contribution in [0.25, 0.3) is 5.65 Å². The number of aryl methyl sites for hydroxylation is 2. The van der Waals surface area contributed by atoms with Crippen LogP contribution in [0.15, 0.2) is 34.9 Å². The first-order valence-corrected chi connectivity index (χ1v) is 8.54. The number of halogens is 2. The number of amides is 1. The Bertz CT molecular complexity index is 953. The van der Waals surface area contributed by atoms with E-state index in [4.69, 9.17) is 11.6 Å². The fourth-order valence-electron chi connectivity index (χ4n) is 2.56. The lowest BCUT2D eigenvalue weighted by Crippen LogP contribution is -2.16. The van der Waals surface area contributed by atoms with Gasteiger partial charge in [0.15, 0.2) is 5.65 Å². The molecule has 24 heavy (non-hydrogen) atoms. The molecule has 0 bridgehead atoms. The van der Waals surface area contributed by atoms with E-state index in [9.17, 15) is 9.90 Å². The highest BCUT2D eigenvalue weighted by Gasteiger charge is 2.21. The van der Waals surface area contributed by atoms with Gasteiger partial charge in [-0.15, -0.1) is 0 Å². The lowest BCUT2D eigenvalue weighted by Gasteiger charge is -2.09. The molecule has 0 spiro atoms. The summed E-state index contributed by atoms with van der Waals surface area (Å²) in [5.41, 5.74) is 3.06. The number of rotatable bonds is 3. The van der Waals surface area contributed by atoms with E-state index in [0.29, 0.717) is 28.5 Å². The number of fused-ring (bicyclic) bond motifs is 1. The molecule has 0 saturated heterocycles. The SMILES string of the molecule is CCc1nc2c(Br)cc(C)cn2c1C(=O)Nc1cc(Cl)ccc1O. The van der Waals surface area contributed by atoms with E-state index in [1.54, 1.807) is 10.5 Å². The number of aromatic hydroxyl groups is 1. The second-order valence-corrected chi connectivity index (χ2v) is 6.73. The molecule has 1 aromatic carbocycles. The molecule has 3 rings (SSSR count). The first-order chi connectivity index (χ1) is 11.4. The number of hydrogen-bond donors (Lipinski definition) is 2. The number of imidazole rings is 1. The molecule has 5 nitrogen and oxygen atoms in total. The minimum absolute atomic E-state index is 0.0445. The molecule has 3 aromatic rings. The maximum atomic E-state index is 12.8. The van der Waals surface area contributed by atoms with Crippen LogP contribution < -0.4 is 5.32 Å². The summed E-state index contributed by atoms with van der Waals surface area (Å²) in [6.45, 7) is 3.89. The van der Waals surface area contributed by atoms with Crippen LogP contribution in [-0.4, -0.2) is 20.4 Å². The van der Waals surface area contributed by atoms with Gasteiger partial charge in [0.05, 0.1) is 15.9 Å². The third-order valence-corrected chi connectivity index (χ3v) is 4.46. The average molecular weight is 409 g/mol. The lowest BCUT2D eigenvalue weighted by molar-refractivity contribution is 0.102. The highest BCUT2D eigenvalue weighted by Crippen LogP contribution is 2.28. The molecular weight excluding hydrogens is 394 g/mol. The Morgan fingerprint density at radius 1 is 1.42 bits per heavy atom. The number of phenolic OH excluding ortho intramolecular Hbond substituents is 1. The van der Waals surface area contributed by atoms with Crippen molar-refractivity contribution in [1.29, 1.82) is 0 Å². The van der Waals surface area contributed by atoms with E-state index < -0.39 is 0 Å². The van der Waals surface area contributed by atoms with Gasteiger partial charge in [-0.05, 0) is 59.1 Å². The minimum atomic E-state index is -0.352. The molecule has 2 aromatic heterocycles. The van der Waals surface area contributed by atoms with E-state index in [1.165, 1.54) is 12.1 Å². The molecule has 0 saturated carbocycles. The summed E-state index contributed by atoms with van der Waals surface area (Å²) in [5, 5.41) is 13.0. The van der Waals surface area contributed by atoms with Crippen molar-refractivity contribution in [3.63, 3.8) is 0 Å². The molecule has 0 aliphatic rings. The van der Waals surface area contributed by atoms with Crippen molar-refractivity contribution < 1.29 is 9.90 Å². The van der Waals surface area contributed by atoms with Crippen LogP contribution in [0.2, 0.25) is 5.02 Å². The summed E-state index contributed by atoms with van der Waals surface area (Å²) in [4.78, 5) is 17.4. The van der Waals surface area contributed by atoms with Gasteiger partial charge in [0.25, 0.3) is 5.91 Å². The van der Waals surface area contributed by atoms with Crippen molar-refractivity contribution in [3.8, 4) is 5.75 Å². The largest absolute Gasteiger partial charge is 0.506 e. The maximum absolute atomic E-state index is 12.8. The summed E-state index contributed by atoms with van der Waals surface area (Å²) in [6.07, 6.45) is 2.47. The van der Waals surface area contributed by atoms with Crippen molar-refractivity contribution >= 4 is 44.8 Å². The molecule has 2 N–H and O–H groups in total. The molecule has 0 aliphatic carbocycles. The maximum Gasteiger partial charge on any atom is 0.274 e. The number of phenols is 1. The minimum Gasteiger partial charge on any atom is -0.506 e. The molecule has 124 valence electrons. The Morgan fingerprint density at radius 3 is 2.88 bits per heavy atom. The van der Waals surface area contributed by atoms with Gasteiger partial charge in [-0.1, -0.05) is 18.5 Å². The van der Waals surface area contributed by atoms with Crippen LogP contribution in [0.1, 0.15) is 28.7 Å². The standard InChI is InChI=1S/C17H15BrClN3O2/c1-3-12-15(22-8-9(2)6-11(18)16(22)20-12)17(24)21-13-7-10(19)4-5-14(13)23/h4-8,23H,3H2,1-2H3,(H,21,24). The highest BCUT2D eigenvalue weighted by atomic mass is 79.9. The van der Waals surface area contributed by atoms with Crippen molar-refractivity contribution in [2.24, 2.45) is 0 Å². The quantitative estimate of drug-likeness (QED) is 0.623. The monoisotopic (exact) mass is 407 g/mol. The normalized spacial score (nSPS) is 11.0. The lowest BCUT2D eigenvalue weighted by atomic mass is 10.2. The topological polar surface area (TPSA) is 66.6 Å². The number of carbonyl (C=O) groups excluding carboxylic acids is 1. The fraction of sp³-hybridized carbons (Fsp3) is 0.176. The van der Waals surface area contributed by atoms with E-state index in [-0.39, 0.29) is 17.3 Å². The van der Waals surface area contributed by atoms with Gasteiger partial charge in [-0.25, -0.2) is 4.98 Å². The Morgan fingerprint density at radius 2 is 2.17 bits per heavy atom. The zero-order valence-corrected chi connectivity index (χ0v) is 15.4. The molecule has 2 heterocycles. The number of benzene rings is 1. The number of nitrogens with one attached hydrogen (secondary N) is 1. The molecule has 0 fully saturated rings. The van der Waals surface area contributed by atoms with E-state index >= 15 is 0 Å². The first kappa shape index (κ1) is 16.8. The van der Waals surface area contributed by atoms with Gasteiger partial charge < -0.3 is 10.4 Å². The van der Waals surface area contributed by atoms with Gasteiger partial charge in [0.2, 0.25) is 0 Å². The van der Waals surface area contributed by atoms with Crippen LogP contribution in [0.3, 0.4) is 0 Å². The second-order valence-electron chi connectivity index (χ2n) is 5.44. The molecule has 0 radical (unpaired) electrons. The van der Waals surface area contributed by atoms with Crippen LogP contribution in [0.5, 0.6) is 5.75 Å². The Balaban J connectivity index is 2.11. The predicted molar refractivity (Wildman–Crippen MR) is 98.1 cm³/mol. The summed E-state index contributed by atoms with van der Waals surface area (Å²) in [7, 11) is 0. The molecule has 1 amide bonds. The van der Waals surface area contributed by atoms with Crippen molar-refractivity contribution in [3.05, 3.63) is 56.9 Å². The van der Waals surface area contributed by atoms with E-state index in [1.807, 2.05) is 26.1 Å². The van der Waals surface area contributed by atoms with Crippen LogP contribution in [0.4, 0.5) is 5.69 Å². The third-order valence-electron chi connectivity index (χ3n) is 3.64. The molecule has 7 heteroatoms. The molecule has 0 unspecified atom stereocenters. The van der Waals surface area contributed by atoms with E-state index in [2.05, 4.69) is 26.2 Å². The summed E-state index contributed by atoms with van der Waals surface area (Å²) >= 11 is 9.42. The second kappa shape index (κ2) is 6.45.